The predicted octanol–water partition coefficient (Wildman–Crippen LogP) is -9.27. The standard InChI is InChI=1S/C28H29N5O20S6.4Na/c1-29-20-6-5-18-19(26(20)32-31-22-14-17(4-8-25(22)59(42,43)44)58(40,41)12-10-47-56-53-50-37)15-24(54-51-48-35)27(28(18)34)33-30-21-13-16(3-7-23(21)45-2)57(38,39)11-9-46-55-52-49-36;;;;/h3-8,13-15,29,34-37H,9-12H2,1-2H3,(H,42,43,44);;;;/q;4*+1/p-4. The molecule has 0 saturated heterocycles. The first-order valence-electron chi connectivity index (χ1n) is 15.3. The van der Waals surface area contributed by atoms with E-state index in [2.05, 4.69) is 53.9 Å². The number of nitrogens with zero attached hydrogens (tertiary/aromatic N) is 4. The number of sulfone groups is 2. The van der Waals surface area contributed by atoms with Crippen LogP contribution in [0.1, 0.15) is 0 Å². The molecule has 4 aromatic carbocycles. The van der Waals surface area contributed by atoms with Gasteiger partial charge in [0.2, 0.25) is 0 Å². The Hall–Kier alpha value is 0.160. The topological polar surface area (TPSA) is 359 Å². The Morgan fingerprint density at radius 2 is 1.19 bits per heavy atom. The monoisotopic (exact) mass is 1030 g/mol. The Balaban J connectivity index is 0.00000961. The number of azo groups is 2. The Morgan fingerprint density at radius 1 is 0.667 bits per heavy atom. The van der Waals surface area contributed by atoms with E-state index in [0.717, 1.165) is 18.2 Å². The smallest absolute Gasteiger partial charge is 0.744 e. The SMILES string of the molecule is CNc1ccc2c(O)c(N=Nc3cc(S(=O)(=O)CCOSOO[O-])ccc3OC)c(SOO[O-])cc2c1N=Nc1cc(S(=O)(=O)CCOSOO[O-])ccc1S(=O)(=O)[O-].[Na+].[Na+].[Na+].[Na+]. The molecule has 0 amide bonds. The minimum Gasteiger partial charge on any atom is -0.744 e. The first-order chi connectivity index (χ1) is 28.1. The number of anilines is 1. The molecule has 4 aromatic rings. The van der Waals surface area contributed by atoms with Gasteiger partial charge in [-0.3, -0.25) is 23.5 Å². The van der Waals surface area contributed by atoms with Crippen LogP contribution in [0.2, 0.25) is 0 Å². The van der Waals surface area contributed by atoms with Crippen LogP contribution in [0.4, 0.5) is 28.4 Å². The first kappa shape index (κ1) is 63.2. The van der Waals surface area contributed by atoms with Gasteiger partial charge >= 0.3 is 118 Å². The van der Waals surface area contributed by atoms with E-state index in [0.29, 0.717) is 6.07 Å². The number of methoxy groups -OCH3 is 1. The molecule has 4 rings (SSSR count). The third kappa shape index (κ3) is 18.2. The molecule has 0 aliphatic carbocycles. The van der Waals surface area contributed by atoms with E-state index in [1.165, 1.54) is 44.5 Å². The summed E-state index contributed by atoms with van der Waals surface area (Å²) >= 11 is 0.433. The number of benzene rings is 4. The van der Waals surface area contributed by atoms with Crippen LogP contribution >= 0.6 is 36.7 Å². The average molecular weight is 1040 g/mol. The maximum atomic E-state index is 12.9. The van der Waals surface area contributed by atoms with Gasteiger partial charge in [-0.05, 0) is 54.6 Å². The summed E-state index contributed by atoms with van der Waals surface area (Å²) in [6, 6.07) is 10.0. The largest absolute Gasteiger partial charge is 1.00 e. The summed E-state index contributed by atoms with van der Waals surface area (Å²) in [4.78, 5) is -1.85. The summed E-state index contributed by atoms with van der Waals surface area (Å²) in [7, 11) is -10.8. The van der Waals surface area contributed by atoms with Crippen molar-refractivity contribution in [3.8, 4) is 11.5 Å². The van der Waals surface area contributed by atoms with Crippen molar-refractivity contribution in [1.29, 1.82) is 0 Å². The molecule has 35 heteroatoms. The van der Waals surface area contributed by atoms with Crippen LogP contribution in [0.3, 0.4) is 0 Å². The van der Waals surface area contributed by atoms with Crippen molar-refractivity contribution in [2.24, 2.45) is 20.5 Å². The second-order valence-electron chi connectivity index (χ2n) is 10.6. The molecule has 63 heavy (non-hydrogen) atoms. The van der Waals surface area contributed by atoms with Crippen molar-refractivity contribution in [2.45, 2.75) is 19.6 Å². The molecule has 0 fully saturated rings. The van der Waals surface area contributed by atoms with Crippen LogP contribution in [0.15, 0.2) is 94.6 Å². The number of fused-ring (bicyclic) bond motifs is 1. The van der Waals surface area contributed by atoms with Gasteiger partial charge in [-0.25, -0.2) is 25.3 Å². The summed E-state index contributed by atoms with van der Waals surface area (Å²) in [5.74, 6) is -1.84. The predicted molar refractivity (Wildman–Crippen MR) is 194 cm³/mol. The van der Waals surface area contributed by atoms with Crippen molar-refractivity contribution in [3.05, 3.63) is 54.6 Å². The molecule has 0 unspecified atom stereocenters. The fourth-order valence-electron chi connectivity index (χ4n) is 4.71. The van der Waals surface area contributed by atoms with Crippen molar-refractivity contribution >= 4 is 106 Å². The van der Waals surface area contributed by atoms with Gasteiger partial charge < -0.3 is 35.5 Å². The fourth-order valence-corrected chi connectivity index (χ4v) is 8.63. The Labute approximate surface area is 460 Å². The van der Waals surface area contributed by atoms with Gasteiger partial charge in [-0.15, -0.1) is 29.1 Å². The van der Waals surface area contributed by atoms with E-state index in [4.69, 9.17) is 13.1 Å². The molecule has 0 aliphatic rings. The molecule has 0 heterocycles. The zero-order valence-electron chi connectivity index (χ0n) is 33.5. The number of hydrogen-bond donors (Lipinski definition) is 2. The molecule has 0 aromatic heterocycles. The molecule has 0 bridgehead atoms. The van der Waals surface area contributed by atoms with Crippen molar-refractivity contribution in [2.75, 3.05) is 44.2 Å². The van der Waals surface area contributed by atoms with E-state index < -0.39 is 75.7 Å². The van der Waals surface area contributed by atoms with Gasteiger partial charge in [0, 0.05) is 17.8 Å². The summed E-state index contributed by atoms with van der Waals surface area (Å²) in [5, 5.41) is 70.7. The maximum absolute atomic E-state index is 12.9. The number of ether oxygens (including phenoxy) is 1. The van der Waals surface area contributed by atoms with Gasteiger partial charge in [-0.2, -0.15) is 4.33 Å². The Kier molecular flexibility index (Phi) is 30.7. The summed E-state index contributed by atoms with van der Waals surface area (Å²) in [6.45, 7) is -0.927. The van der Waals surface area contributed by atoms with Crippen LogP contribution in [0.5, 0.6) is 11.5 Å². The number of rotatable bonds is 24. The quantitative estimate of drug-likeness (QED) is 0.0125. The van der Waals surface area contributed by atoms with Gasteiger partial charge in [0.25, 0.3) is 0 Å². The van der Waals surface area contributed by atoms with E-state index >= 15 is 0 Å². The molecule has 0 radical (unpaired) electrons. The van der Waals surface area contributed by atoms with Crippen LogP contribution < -0.4 is 144 Å². The van der Waals surface area contributed by atoms with Crippen molar-refractivity contribution in [3.63, 3.8) is 0 Å². The maximum Gasteiger partial charge on any atom is 1.00 e. The number of phenolic OH excluding ortho intramolecular Hbond substituents is 1. The van der Waals surface area contributed by atoms with Crippen LogP contribution in [0, 0.1) is 0 Å². The zero-order valence-corrected chi connectivity index (χ0v) is 46.4. The van der Waals surface area contributed by atoms with Gasteiger partial charge in [0.05, 0.1) is 69.1 Å². The number of phenols is 1. The minimum absolute atomic E-state index is 0. The molecule has 0 aliphatic heterocycles. The van der Waals surface area contributed by atoms with Crippen molar-refractivity contribution in [1.82, 2.24) is 0 Å². The van der Waals surface area contributed by atoms with Gasteiger partial charge in [0.1, 0.15) is 38.6 Å². The molecular formula is C28H25N5Na4O20S6. The average Bonchev–Trinajstić information content (AvgIpc) is 3.20. The summed E-state index contributed by atoms with van der Waals surface area (Å²) in [5.41, 5.74) is -1.13. The molecule has 0 saturated carbocycles. The Bertz CT molecular complexity index is 2520. The third-order valence-electron chi connectivity index (χ3n) is 7.29. The molecule has 2 N–H and O–H groups in total. The van der Waals surface area contributed by atoms with Crippen LogP contribution in [-0.4, -0.2) is 73.8 Å². The normalized spacial score (nSPS) is 11.8. The Morgan fingerprint density at radius 3 is 1.71 bits per heavy atom. The van der Waals surface area contributed by atoms with Gasteiger partial charge in [-0.1, -0.05) is 0 Å². The number of nitrogens with one attached hydrogen (secondary N) is 1. The third-order valence-corrected chi connectivity index (χ3v) is 12.9. The molecule has 322 valence electrons. The van der Waals surface area contributed by atoms with Crippen molar-refractivity contribution < 1.29 is 210 Å². The molecular weight excluding hydrogens is 1010 g/mol. The summed E-state index contributed by atoms with van der Waals surface area (Å²) < 4.78 is 115. The molecule has 0 spiro atoms. The second kappa shape index (κ2) is 30.6. The molecule has 25 nitrogen and oxygen atoms in total. The van der Waals surface area contributed by atoms with E-state index in [1.807, 2.05) is 0 Å². The second-order valence-corrected chi connectivity index (χ2v) is 17.9. The van der Waals surface area contributed by atoms with Crippen LogP contribution in [-0.2, 0) is 66.3 Å². The summed E-state index contributed by atoms with van der Waals surface area (Å²) in [6.07, 6.45) is 0. The number of hydrogen-bond acceptors (Lipinski definition) is 28. The van der Waals surface area contributed by atoms with E-state index in [1.54, 1.807) is 0 Å². The van der Waals surface area contributed by atoms with Crippen LogP contribution in [0.25, 0.3) is 10.8 Å². The molecule has 0 atom stereocenters. The van der Waals surface area contributed by atoms with Gasteiger partial charge in [0.15, 0.2) is 50.1 Å². The minimum atomic E-state index is -5.26. The fraction of sp³-hybridized carbons (Fsp3) is 0.214. The first-order valence-corrected chi connectivity index (χ1v) is 22.1. The zero-order chi connectivity index (χ0) is 43.2. The van der Waals surface area contributed by atoms with E-state index in [9.17, 15) is 50.7 Å². The van der Waals surface area contributed by atoms with E-state index in [-0.39, 0.29) is 204 Å². The number of aromatic hydroxyl groups is 1.